The number of carboxylic acid groups (broad SMARTS) is 1. The Kier molecular flexibility index (Phi) is 3.61. The van der Waals surface area contributed by atoms with Crippen molar-refractivity contribution in [2.75, 3.05) is 10.6 Å². The second kappa shape index (κ2) is 5.35. The third-order valence-corrected chi connectivity index (χ3v) is 2.50. The van der Waals surface area contributed by atoms with Crippen LogP contribution >= 0.6 is 11.5 Å². The van der Waals surface area contributed by atoms with E-state index in [0.29, 0.717) is 0 Å². The molecule has 10 heteroatoms. The average Bonchev–Trinajstić information content (AvgIpc) is 2.84. The van der Waals surface area contributed by atoms with Crippen LogP contribution in [0.2, 0.25) is 0 Å². The highest BCUT2D eigenvalue weighted by Gasteiger charge is 2.11. The lowest BCUT2D eigenvalue weighted by Gasteiger charge is -2.06. The maximum absolute atomic E-state index is 13.5. The molecule has 1 aromatic heterocycles. The Bertz CT molecular complexity index is 618. The fraction of sp³-hybridized carbons (Fsp3) is 0. The molecule has 8 nitrogen and oxygen atoms in total. The standard InChI is InChI=1S/C9H6FN5O3S/c10-5-3-4(7(16)17)1-2-6(5)11-8(18)12-9-13-14-15-19-9/h1-3H,(H,16,17)(H2,11,12,13,15,18). The van der Waals surface area contributed by atoms with Gasteiger partial charge in [-0.2, -0.15) is 0 Å². The number of hydrogen-bond donors (Lipinski definition) is 3. The molecule has 0 unspecified atom stereocenters. The van der Waals surface area contributed by atoms with E-state index in [2.05, 4.69) is 25.4 Å². The molecule has 0 aliphatic carbocycles. The predicted octanol–water partition coefficient (Wildman–Crippen LogP) is 1.41. The van der Waals surface area contributed by atoms with Gasteiger partial charge >= 0.3 is 12.0 Å². The highest BCUT2D eigenvalue weighted by molar-refractivity contribution is 7.09. The molecule has 0 saturated heterocycles. The Morgan fingerprint density at radius 2 is 2.11 bits per heavy atom. The van der Waals surface area contributed by atoms with Crippen LogP contribution in [-0.2, 0) is 0 Å². The summed E-state index contributed by atoms with van der Waals surface area (Å²) in [4.78, 5) is 22.1. The van der Waals surface area contributed by atoms with E-state index in [-0.39, 0.29) is 16.4 Å². The van der Waals surface area contributed by atoms with Crippen molar-refractivity contribution in [3.8, 4) is 0 Å². The monoisotopic (exact) mass is 283 g/mol. The van der Waals surface area contributed by atoms with Gasteiger partial charge in [0, 0.05) is 11.5 Å². The Hall–Kier alpha value is -2.62. The third-order valence-electron chi connectivity index (χ3n) is 1.98. The summed E-state index contributed by atoms with van der Waals surface area (Å²) in [5.41, 5.74) is -0.364. The van der Waals surface area contributed by atoms with Gasteiger partial charge < -0.3 is 10.4 Å². The SMILES string of the molecule is O=C(Nc1nnns1)Nc1ccc(C(=O)O)cc1F. The van der Waals surface area contributed by atoms with Crippen LogP contribution in [0.25, 0.3) is 0 Å². The Morgan fingerprint density at radius 3 is 2.68 bits per heavy atom. The number of carbonyl (C=O) groups is 2. The maximum atomic E-state index is 13.5. The van der Waals surface area contributed by atoms with Crippen molar-refractivity contribution >= 4 is 34.4 Å². The minimum Gasteiger partial charge on any atom is -0.478 e. The molecule has 0 radical (unpaired) electrons. The summed E-state index contributed by atoms with van der Waals surface area (Å²) in [5, 5.41) is 20.1. The second-order valence-corrected chi connectivity index (χ2v) is 3.98. The molecule has 2 rings (SSSR count). The van der Waals surface area contributed by atoms with Gasteiger partial charge in [-0.1, -0.05) is 9.59 Å². The van der Waals surface area contributed by atoms with Crippen LogP contribution in [-0.4, -0.2) is 31.9 Å². The summed E-state index contributed by atoms with van der Waals surface area (Å²) >= 11 is 0.857. The molecule has 0 atom stereocenters. The van der Waals surface area contributed by atoms with Gasteiger partial charge in [-0.05, 0) is 23.4 Å². The number of halogens is 1. The molecule has 0 spiro atoms. The van der Waals surface area contributed by atoms with Gasteiger partial charge in [0.2, 0.25) is 5.13 Å². The van der Waals surface area contributed by atoms with Crippen LogP contribution in [0.1, 0.15) is 10.4 Å². The molecule has 0 bridgehead atoms. The molecular weight excluding hydrogens is 277 g/mol. The van der Waals surface area contributed by atoms with Gasteiger partial charge in [-0.25, -0.2) is 14.0 Å². The van der Waals surface area contributed by atoms with Crippen LogP contribution in [0.3, 0.4) is 0 Å². The topological polar surface area (TPSA) is 117 Å². The zero-order valence-electron chi connectivity index (χ0n) is 9.12. The van der Waals surface area contributed by atoms with Gasteiger partial charge in [0.1, 0.15) is 5.82 Å². The minimum absolute atomic E-state index is 0.153. The third kappa shape index (κ3) is 3.19. The zero-order chi connectivity index (χ0) is 13.8. The van der Waals surface area contributed by atoms with Crippen molar-refractivity contribution in [1.29, 1.82) is 0 Å². The number of rotatable bonds is 3. The molecule has 0 aliphatic heterocycles. The molecular formula is C9H6FN5O3S. The van der Waals surface area contributed by atoms with Crippen LogP contribution in [0.4, 0.5) is 20.0 Å². The number of aromatic nitrogens is 3. The van der Waals surface area contributed by atoms with E-state index < -0.39 is 17.8 Å². The van der Waals surface area contributed by atoms with Crippen LogP contribution < -0.4 is 10.6 Å². The van der Waals surface area contributed by atoms with E-state index in [4.69, 9.17) is 5.11 Å². The van der Waals surface area contributed by atoms with E-state index in [0.717, 1.165) is 23.7 Å². The molecule has 3 N–H and O–H groups in total. The first-order chi connectivity index (χ1) is 9.06. The van der Waals surface area contributed by atoms with E-state index in [1.165, 1.54) is 6.07 Å². The van der Waals surface area contributed by atoms with Gasteiger partial charge in [0.15, 0.2) is 0 Å². The summed E-state index contributed by atoms with van der Waals surface area (Å²) in [6, 6.07) is 2.40. The molecule has 0 fully saturated rings. The Balaban J connectivity index is 2.07. The highest BCUT2D eigenvalue weighted by atomic mass is 32.1. The van der Waals surface area contributed by atoms with E-state index >= 15 is 0 Å². The molecule has 0 aliphatic rings. The van der Waals surface area contributed by atoms with Crippen LogP contribution in [0.5, 0.6) is 0 Å². The first kappa shape index (κ1) is 12.8. The van der Waals surface area contributed by atoms with Crippen molar-refractivity contribution in [3.63, 3.8) is 0 Å². The average molecular weight is 283 g/mol. The van der Waals surface area contributed by atoms with Crippen molar-refractivity contribution in [3.05, 3.63) is 29.6 Å². The first-order valence-electron chi connectivity index (χ1n) is 4.82. The summed E-state index contributed by atoms with van der Waals surface area (Å²) in [7, 11) is 0. The van der Waals surface area contributed by atoms with Crippen molar-refractivity contribution in [2.45, 2.75) is 0 Å². The highest BCUT2D eigenvalue weighted by Crippen LogP contribution is 2.16. The summed E-state index contributed by atoms with van der Waals surface area (Å²) in [6.45, 7) is 0. The smallest absolute Gasteiger partial charge is 0.335 e. The number of nitrogens with zero attached hydrogens (tertiary/aromatic N) is 3. The van der Waals surface area contributed by atoms with Gasteiger partial charge in [-0.3, -0.25) is 5.32 Å². The lowest BCUT2D eigenvalue weighted by Crippen LogP contribution is -2.20. The fourth-order valence-corrected chi connectivity index (χ4v) is 1.54. The van der Waals surface area contributed by atoms with Crippen molar-refractivity contribution in [2.24, 2.45) is 0 Å². The molecule has 2 amide bonds. The molecule has 1 aromatic carbocycles. The Labute approximate surface area is 109 Å². The maximum Gasteiger partial charge on any atom is 0.335 e. The summed E-state index contributed by atoms with van der Waals surface area (Å²) < 4.78 is 16.9. The number of benzene rings is 1. The van der Waals surface area contributed by atoms with E-state index in [1.54, 1.807) is 0 Å². The number of urea groups is 1. The molecule has 98 valence electrons. The summed E-state index contributed by atoms with van der Waals surface area (Å²) in [6.07, 6.45) is 0. The van der Waals surface area contributed by atoms with Crippen LogP contribution in [0, 0.1) is 5.82 Å². The van der Waals surface area contributed by atoms with Gasteiger partial charge in [-0.15, -0.1) is 0 Å². The lowest BCUT2D eigenvalue weighted by atomic mass is 10.2. The van der Waals surface area contributed by atoms with Crippen LogP contribution in [0.15, 0.2) is 18.2 Å². The minimum atomic E-state index is -1.25. The normalized spacial score (nSPS) is 9.95. The Morgan fingerprint density at radius 1 is 1.32 bits per heavy atom. The van der Waals surface area contributed by atoms with Gasteiger partial charge in [0.25, 0.3) is 0 Å². The van der Waals surface area contributed by atoms with Gasteiger partial charge in [0.05, 0.1) is 11.3 Å². The largest absolute Gasteiger partial charge is 0.478 e. The molecule has 0 saturated carbocycles. The molecule has 19 heavy (non-hydrogen) atoms. The number of nitrogens with one attached hydrogen (secondary N) is 2. The number of carbonyl (C=O) groups excluding carboxylic acids is 1. The van der Waals surface area contributed by atoms with Crippen molar-refractivity contribution in [1.82, 2.24) is 14.8 Å². The second-order valence-electron chi connectivity index (χ2n) is 3.25. The fourth-order valence-electron chi connectivity index (χ4n) is 1.18. The number of aromatic carboxylic acids is 1. The number of hydrogen-bond acceptors (Lipinski definition) is 6. The zero-order valence-corrected chi connectivity index (χ0v) is 9.94. The quantitative estimate of drug-likeness (QED) is 0.784. The first-order valence-corrected chi connectivity index (χ1v) is 5.59. The van der Waals surface area contributed by atoms with E-state index in [9.17, 15) is 14.0 Å². The number of amides is 2. The lowest BCUT2D eigenvalue weighted by molar-refractivity contribution is 0.0696. The predicted molar refractivity (Wildman–Crippen MR) is 63.7 cm³/mol. The number of carboxylic acids is 1. The van der Waals surface area contributed by atoms with E-state index in [1.807, 2.05) is 0 Å². The number of anilines is 2. The molecule has 1 heterocycles. The van der Waals surface area contributed by atoms with Crippen molar-refractivity contribution < 1.29 is 19.1 Å². The molecule has 2 aromatic rings. The summed E-state index contributed by atoms with van der Waals surface area (Å²) in [5.74, 6) is -2.11.